The Morgan fingerprint density at radius 3 is 2.87 bits per heavy atom. The Hall–Kier alpha value is -2.13. The van der Waals surface area contributed by atoms with Gasteiger partial charge in [0.1, 0.15) is 5.54 Å². The van der Waals surface area contributed by atoms with Gasteiger partial charge < -0.3 is 5.73 Å². The molecular weight excluding hydrogens is 284 g/mol. The van der Waals surface area contributed by atoms with E-state index in [4.69, 9.17) is 5.73 Å². The summed E-state index contributed by atoms with van der Waals surface area (Å²) in [6.07, 6.45) is 10.9. The number of likely N-dealkylation sites (tertiary alicyclic amines) is 1. The van der Waals surface area contributed by atoms with Gasteiger partial charge in [0.15, 0.2) is 0 Å². The highest BCUT2D eigenvalue weighted by Gasteiger charge is 2.50. The summed E-state index contributed by atoms with van der Waals surface area (Å²) in [5.41, 5.74) is 7.56. The fourth-order valence-electron chi connectivity index (χ4n) is 4.00. The Balaban J connectivity index is 2.09. The number of primary amides is 1. The molecule has 2 atom stereocenters. The van der Waals surface area contributed by atoms with Crippen molar-refractivity contribution in [2.24, 2.45) is 11.7 Å². The van der Waals surface area contributed by atoms with Crippen LogP contribution in [0.4, 0.5) is 0 Å². The number of hydrogen-bond donors (Lipinski definition) is 1. The molecule has 1 aromatic rings. The van der Waals surface area contributed by atoms with Crippen LogP contribution in [0.5, 0.6) is 0 Å². The highest BCUT2D eigenvalue weighted by atomic mass is 16.1. The van der Waals surface area contributed by atoms with Gasteiger partial charge in [0, 0.05) is 19.5 Å². The molecule has 1 aliphatic heterocycles. The number of rotatable bonds is 5. The zero-order valence-electron chi connectivity index (χ0n) is 13.4. The Morgan fingerprint density at radius 2 is 2.17 bits per heavy atom. The first-order valence-corrected chi connectivity index (χ1v) is 8.25. The summed E-state index contributed by atoms with van der Waals surface area (Å²) in [6.45, 7) is 5.41. The van der Waals surface area contributed by atoms with Crippen molar-refractivity contribution < 1.29 is 4.79 Å². The molecule has 3 rings (SSSR count). The highest BCUT2D eigenvalue weighted by Crippen LogP contribution is 2.42. The smallest absolute Gasteiger partial charge is 0.242 e. The second kappa shape index (κ2) is 6.55. The van der Waals surface area contributed by atoms with Gasteiger partial charge in [0.05, 0.1) is 0 Å². The molecule has 0 aromatic heterocycles. The van der Waals surface area contributed by atoms with Crippen molar-refractivity contribution in [2.45, 2.75) is 24.8 Å². The lowest BCUT2D eigenvalue weighted by molar-refractivity contribution is -0.129. The van der Waals surface area contributed by atoms with E-state index >= 15 is 0 Å². The third kappa shape index (κ3) is 2.77. The lowest BCUT2D eigenvalue weighted by atomic mass is 9.69. The SMILES string of the molecule is C=CCN1CCC2CC=CC=C2C1(Cc1ccccc1)C(N)=O. The molecule has 2 unspecified atom stereocenters. The molecule has 1 fully saturated rings. The highest BCUT2D eigenvalue weighted by molar-refractivity contribution is 5.89. The van der Waals surface area contributed by atoms with Crippen molar-refractivity contribution in [1.29, 1.82) is 0 Å². The van der Waals surface area contributed by atoms with E-state index in [2.05, 4.69) is 41.8 Å². The summed E-state index contributed by atoms with van der Waals surface area (Å²) in [7, 11) is 0. The Bertz CT molecular complexity index is 647. The second-order valence-corrected chi connectivity index (χ2v) is 6.39. The van der Waals surface area contributed by atoms with Crippen molar-refractivity contribution in [2.75, 3.05) is 13.1 Å². The molecular formula is C20H24N2O. The van der Waals surface area contributed by atoms with Gasteiger partial charge in [0.25, 0.3) is 0 Å². The molecule has 0 radical (unpaired) electrons. The first kappa shape index (κ1) is 15.8. The fourth-order valence-corrected chi connectivity index (χ4v) is 4.00. The van der Waals surface area contributed by atoms with E-state index in [0.29, 0.717) is 18.9 Å². The van der Waals surface area contributed by atoms with Gasteiger partial charge >= 0.3 is 0 Å². The fraction of sp³-hybridized carbons (Fsp3) is 0.350. The number of fused-ring (bicyclic) bond motifs is 1. The zero-order valence-corrected chi connectivity index (χ0v) is 13.4. The van der Waals surface area contributed by atoms with Gasteiger partial charge in [-0.2, -0.15) is 0 Å². The number of piperidine rings is 1. The van der Waals surface area contributed by atoms with Gasteiger partial charge in [-0.15, -0.1) is 6.58 Å². The molecule has 2 aliphatic rings. The maximum absolute atomic E-state index is 12.7. The summed E-state index contributed by atoms with van der Waals surface area (Å²) >= 11 is 0. The van der Waals surface area contributed by atoms with E-state index < -0.39 is 5.54 Å². The standard InChI is InChI=1S/C20H24N2O/c1-2-13-22-14-12-17-10-6-7-11-18(17)20(22,19(21)23)15-16-8-4-3-5-9-16/h2-9,11,17H,1,10,12-15H2,(H2,21,23). The van der Waals surface area contributed by atoms with Crippen LogP contribution in [-0.4, -0.2) is 29.4 Å². The molecule has 0 spiro atoms. The van der Waals surface area contributed by atoms with Gasteiger partial charge in [-0.05, 0) is 29.9 Å². The second-order valence-electron chi connectivity index (χ2n) is 6.39. The van der Waals surface area contributed by atoms with Crippen LogP contribution in [0.1, 0.15) is 18.4 Å². The number of hydrogen-bond acceptors (Lipinski definition) is 2. The van der Waals surface area contributed by atoms with Crippen molar-refractivity contribution in [1.82, 2.24) is 4.90 Å². The van der Waals surface area contributed by atoms with Crippen molar-refractivity contribution in [3.8, 4) is 0 Å². The van der Waals surface area contributed by atoms with E-state index in [0.717, 1.165) is 24.9 Å². The molecule has 0 saturated carbocycles. The normalized spacial score (nSPS) is 27.1. The minimum absolute atomic E-state index is 0.255. The minimum Gasteiger partial charge on any atom is -0.368 e. The molecule has 120 valence electrons. The first-order valence-electron chi connectivity index (χ1n) is 8.25. The summed E-state index contributed by atoms with van der Waals surface area (Å²) in [5.74, 6) is 0.159. The van der Waals surface area contributed by atoms with E-state index in [1.165, 1.54) is 5.57 Å². The molecule has 1 aliphatic carbocycles. The lowest BCUT2D eigenvalue weighted by Gasteiger charge is -2.50. The molecule has 3 heteroatoms. The third-order valence-electron chi connectivity index (χ3n) is 5.10. The average Bonchev–Trinajstić information content (AvgIpc) is 2.58. The topological polar surface area (TPSA) is 46.3 Å². The van der Waals surface area contributed by atoms with Gasteiger partial charge in [-0.1, -0.05) is 54.6 Å². The number of benzene rings is 1. The molecule has 3 nitrogen and oxygen atoms in total. The van der Waals surface area contributed by atoms with E-state index in [1.807, 2.05) is 24.3 Å². The average molecular weight is 308 g/mol. The minimum atomic E-state index is -0.747. The molecule has 1 amide bonds. The van der Waals surface area contributed by atoms with Gasteiger partial charge in [0.2, 0.25) is 5.91 Å². The Labute approximate surface area is 138 Å². The van der Waals surface area contributed by atoms with Crippen molar-refractivity contribution >= 4 is 5.91 Å². The lowest BCUT2D eigenvalue weighted by Crippen LogP contribution is -2.64. The Kier molecular flexibility index (Phi) is 4.49. The molecule has 1 saturated heterocycles. The summed E-state index contributed by atoms with van der Waals surface area (Å²) in [4.78, 5) is 14.9. The molecule has 0 bridgehead atoms. The zero-order chi connectivity index (χ0) is 16.3. The predicted octanol–water partition coefficient (Wildman–Crippen LogP) is 2.85. The van der Waals surface area contributed by atoms with Crippen LogP contribution in [-0.2, 0) is 11.2 Å². The Morgan fingerprint density at radius 1 is 1.39 bits per heavy atom. The first-order chi connectivity index (χ1) is 11.2. The molecule has 23 heavy (non-hydrogen) atoms. The monoisotopic (exact) mass is 308 g/mol. The summed E-state index contributed by atoms with van der Waals surface area (Å²) in [6, 6.07) is 10.2. The van der Waals surface area contributed by atoms with E-state index in [1.54, 1.807) is 0 Å². The summed E-state index contributed by atoms with van der Waals surface area (Å²) < 4.78 is 0. The molecule has 1 aromatic carbocycles. The van der Waals surface area contributed by atoms with Crippen LogP contribution in [0.2, 0.25) is 0 Å². The molecule has 1 heterocycles. The van der Waals surface area contributed by atoms with E-state index in [-0.39, 0.29) is 5.91 Å². The number of carbonyl (C=O) groups is 1. The van der Waals surface area contributed by atoms with Crippen LogP contribution < -0.4 is 5.73 Å². The maximum atomic E-state index is 12.7. The van der Waals surface area contributed by atoms with Crippen LogP contribution in [0.3, 0.4) is 0 Å². The van der Waals surface area contributed by atoms with Crippen LogP contribution in [0.15, 0.2) is 66.8 Å². The van der Waals surface area contributed by atoms with Gasteiger partial charge in [-0.3, -0.25) is 9.69 Å². The quantitative estimate of drug-likeness (QED) is 0.850. The maximum Gasteiger partial charge on any atom is 0.242 e. The number of nitrogens with zero attached hydrogens (tertiary/aromatic N) is 1. The van der Waals surface area contributed by atoms with Crippen molar-refractivity contribution in [3.63, 3.8) is 0 Å². The summed E-state index contributed by atoms with van der Waals surface area (Å²) in [5, 5.41) is 0. The number of carbonyl (C=O) groups excluding carboxylic acids is 1. The van der Waals surface area contributed by atoms with E-state index in [9.17, 15) is 4.79 Å². The number of nitrogens with two attached hydrogens (primary N) is 1. The van der Waals surface area contributed by atoms with Gasteiger partial charge in [-0.25, -0.2) is 0 Å². The third-order valence-corrected chi connectivity index (χ3v) is 5.10. The van der Waals surface area contributed by atoms with Crippen LogP contribution in [0, 0.1) is 5.92 Å². The molecule has 2 N–H and O–H groups in total. The van der Waals surface area contributed by atoms with Crippen molar-refractivity contribution in [3.05, 3.63) is 72.4 Å². The number of amides is 1. The number of allylic oxidation sites excluding steroid dienone is 3. The van der Waals surface area contributed by atoms with Crippen LogP contribution in [0.25, 0.3) is 0 Å². The predicted molar refractivity (Wildman–Crippen MR) is 93.8 cm³/mol. The largest absolute Gasteiger partial charge is 0.368 e. The van der Waals surface area contributed by atoms with Crippen LogP contribution >= 0.6 is 0 Å².